The van der Waals surface area contributed by atoms with Crippen molar-refractivity contribution in [2.24, 2.45) is 0 Å². The van der Waals surface area contributed by atoms with Crippen LogP contribution in [0.25, 0.3) is 0 Å². The number of ether oxygens (including phenoxy) is 1. The number of benzene rings is 1. The van der Waals surface area contributed by atoms with Gasteiger partial charge in [0.05, 0.1) is 12.7 Å². The van der Waals surface area contributed by atoms with Crippen LogP contribution in [0.15, 0.2) is 18.2 Å². The lowest BCUT2D eigenvalue weighted by Crippen LogP contribution is -2.39. The first-order valence-electron chi connectivity index (χ1n) is 5.33. The maximum Gasteiger partial charge on any atom is 0.0740 e. The SMILES string of the molecule is Cc1ccc(Cl)cc1CC1CNCCO1. The molecule has 1 N–H and O–H groups in total. The van der Waals surface area contributed by atoms with E-state index in [1.54, 1.807) is 0 Å². The second kappa shape index (κ2) is 4.97. The van der Waals surface area contributed by atoms with Crippen LogP contribution in [0.2, 0.25) is 5.02 Å². The summed E-state index contributed by atoms with van der Waals surface area (Å²) in [6.45, 7) is 4.82. The zero-order valence-corrected chi connectivity index (χ0v) is 9.68. The second-order valence-corrected chi connectivity index (χ2v) is 4.41. The predicted molar refractivity (Wildman–Crippen MR) is 62.5 cm³/mol. The molecule has 1 heterocycles. The average molecular weight is 226 g/mol. The highest BCUT2D eigenvalue weighted by Gasteiger charge is 2.14. The molecule has 0 amide bonds. The van der Waals surface area contributed by atoms with Gasteiger partial charge in [-0.05, 0) is 30.2 Å². The molecule has 1 saturated heterocycles. The van der Waals surface area contributed by atoms with Gasteiger partial charge < -0.3 is 10.1 Å². The lowest BCUT2D eigenvalue weighted by molar-refractivity contribution is 0.0291. The first kappa shape index (κ1) is 10.9. The fraction of sp³-hybridized carbons (Fsp3) is 0.500. The lowest BCUT2D eigenvalue weighted by Gasteiger charge is -2.24. The average Bonchev–Trinajstić information content (AvgIpc) is 2.25. The lowest BCUT2D eigenvalue weighted by atomic mass is 10.0. The molecule has 1 aliphatic rings. The molecule has 1 fully saturated rings. The van der Waals surface area contributed by atoms with E-state index in [2.05, 4.69) is 18.3 Å². The molecule has 1 atom stereocenters. The monoisotopic (exact) mass is 225 g/mol. The van der Waals surface area contributed by atoms with Gasteiger partial charge >= 0.3 is 0 Å². The van der Waals surface area contributed by atoms with E-state index in [9.17, 15) is 0 Å². The van der Waals surface area contributed by atoms with Crippen LogP contribution in [0.1, 0.15) is 11.1 Å². The largest absolute Gasteiger partial charge is 0.375 e. The van der Waals surface area contributed by atoms with Crippen molar-refractivity contribution in [3.8, 4) is 0 Å². The summed E-state index contributed by atoms with van der Waals surface area (Å²) in [5.41, 5.74) is 2.57. The van der Waals surface area contributed by atoms with Crippen molar-refractivity contribution >= 4 is 11.6 Å². The van der Waals surface area contributed by atoms with Crippen molar-refractivity contribution in [3.63, 3.8) is 0 Å². The molecule has 1 aliphatic heterocycles. The Hall–Kier alpha value is -0.570. The van der Waals surface area contributed by atoms with E-state index in [1.165, 1.54) is 11.1 Å². The molecule has 2 rings (SSSR count). The normalized spacial score (nSPS) is 21.6. The highest BCUT2D eigenvalue weighted by molar-refractivity contribution is 6.30. The van der Waals surface area contributed by atoms with E-state index in [0.29, 0.717) is 0 Å². The number of hydrogen-bond donors (Lipinski definition) is 1. The zero-order valence-electron chi connectivity index (χ0n) is 8.92. The second-order valence-electron chi connectivity index (χ2n) is 3.97. The number of morpholine rings is 1. The van der Waals surface area contributed by atoms with Crippen LogP contribution in [0.5, 0.6) is 0 Å². The smallest absolute Gasteiger partial charge is 0.0740 e. The van der Waals surface area contributed by atoms with Crippen molar-refractivity contribution in [2.75, 3.05) is 19.7 Å². The van der Waals surface area contributed by atoms with Gasteiger partial charge in [-0.1, -0.05) is 17.7 Å². The predicted octanol–water partition coefficient (Wildman–Crippen LogP) is 2.18. The highest BCUT2D eigenvalue weighted by atomic mass is 35.5. The van der Waals surface area contributed by atoms with Crippen LogP contribution < -0.4 is 5.32 Å². The van der Waals surface area contributed by atoms with Gasteiger partial charge in [-0.2, -0.15) is 0 Å². The number of halogens is 1. The summed E-state index contributed by atoms with van der Waals surface area (Å²) < 4.78 is 5.67. The summed E-state index contributed by atoms with van der Waals surface area (Å²) in [6, 6.07) is 6.03. The Labute approximate surface area is 95.6 Å². The van der Waals surface area contributed by atoms with Crippen LogP contribution in [0.4, 0.5) is 0 Å². The molecule has 2 nitrogen and oxygen atoms in total. The number of nitrogens with one attached hydrogen (secondary N) is 1. The summed E-state index contributed by atoms with van der Waals surface area (Å²) in [5, 5.41) is 4.14. The maximum atomic E-state index is 5.98. The van der Waals surface area contributed by atoms with E-state index in [0.717, 1.165) is 31.1 Å². The fourth-order valence-electron chi connectivity index (χ4n) is 1.86. The zero-order chi connectivity index (χ0) is 10.7. The summed E-state index contributed by atoms with van der Waals surface area (Å²) in [4.78, 5) is 0. The molecule has 1 unspecified atom stereocenters. The van der Waals surface area contributed by atoms with Crippen LogP contribution >= 0.6 is 11.6 Å². The Balaban J connectivity index is 2.05. The van der Waals surface area contributed by atoms with Crippen LogP contribution in [-0.4, -0.2) is 25.8 Å². The van der Waals surface area contributed by atoms with Crippen LogP contribution in [0, 0.1) is 6.92 Å². The molecule has 0 aliphatic carbocycles. The number of rotatable bonds is 2. The molecule has 0 radical (unpaired) electrons. The van der Waals surface area contributed by atoms with Gasteiger partial charge in [0, 0.05) is 24.5 Å². The van der Waals surface area contributed by atoms with Gasteiger partial charge in [0.15, 0.2) is 0 Å². The Kier molecular flexibility index (Phi) is 3.62. The number of hydrogen-bond acceptors (Lipinski definition) is 2. The van der Waals surface area contributed by atoms with Gasteiger partial charge in [-0.3, -0.25) is 0 Å². The first-order valence-corrected chi connectivity index (χ1v) is 5.71. The van der Waals surface area contributed by atoms with Gasteiger partial charge in [0.25, 0.3) is 0 Å². The minimum atomic E-state index is 0.288. The van der Waals surface area contributed by atoms with Crippen molar-refractivity contribution < 1.29 is 4.74 Å². The molecule has 3 heteroatoms. The van der Waals surface area contributed by atoms with E-state index < -0.39 is 0 Å². The molecule has 0 bridgehead atoms. The molecule has 0 saturated carbocycles. The Bertz CT molecular complexity index is 334. The van der Waals surface area contributed by atoms with Crippen LogP contribution in [0.3, 0.4) is 0 Å². The molecule has 0 spiro atoms. The number of aryl methyl sites for hydroxylation is 1. The quantitative estimate of drug-likeness (QED) is 0.833. The summed E-state index contributed by atoms with van der Waals surface area (Å²) in [7, 11) is 0. The summed E-state index contributed by atoms with van der Waals surface area (Å²) >= 11 is 5.98. The topological polar surface area (TPSA) is 21.3 Å². The third-order valence-electron chi connectivity index (χ3n) is 2.76. The van der Waals surface area contributed by atoms with Gasteiger partial charge in [0.2, 0.25) is 0 Å². The first-order chi connectivity index (χ1) is 7.25. The summed E-state index contributed by atoms with van der Waals surface area (Å²) in [5.74, 6) is 0. The van der Waals surface area contributed by atoms with E-state index in [-0.39, 0.29) is 6.10 Å². The molecular weight excluding hydrogens is 210 g/mol. The van der Waals surface area contributed by atoms with Crippen LogP contribution in [-0.2, 0) is 11.2 Å². The molecule has 15 heavy (non-hydrogen) atoms. The third kappa shape index (κ3) is 2.94. The highest BCUT2D eigenvalue weighted by Crippen LogP contribution is 2.18. The Morgan fingerprint density at radius 1 is 1.53 bits per heavy atom. The van der Waals surface area contributed by atoms with Crippen molar-refractivity contribution in [1.82, 2.24) is 5.32 Å². The molecule has 82 valence electrons. The van der Waals surface area contributed by atoms with Gasteiger partial charge in [-0.15, -0.1) is 0 Å². The molecule has 0 aromatic heterocycles. The van der Waals surface area contributed by atoms with Crippen molar-refractivity contribution in [3.05, 3.63) is 34.3 Å². The standard InChI is InChI=1S/C12H16ClNO/c1-9-2-3-11(13)6-10(9)7-12-8-14-4-5-15-12/h2-3,6,12,14H,4-5,7-8H2,1H3. The van der Waals surface area contributed by atoms with Crippen molar-refractivity contribution in [2.45, 2.75) is 19.4 Å². The van der Waals surface area contributed by atoms with Crippen molar-refractivity contribution in [1.29, 1.82) is 0 Å². The van der Waals surface area contributed by atoms with E-state index in [1.807, 2.05) is 12.1 Å². The minimum absolute atomic E-state index is 0.288. The summed E-state index contributed by atoms with van der Waals surface area (Å²) in [6.07, 6.45) is 1.23. The molecular formula is C12H16ClNO. The minimum Gasteiger partial charge on any atom is -0.375 e. The van der Waals surface area contributed by atoms with E-state index >= 15 is 0 Å². The third-order valence-corrected chi connectivity index (χ3v) is 3.00. The Morgan fingerprint density at radius 2 is 2.40 bits per heavy atom. The van der Waals surface area contributed by atoms with Gasteiger partial charge in [-0.25, -0.2) is 0 Å². The fourth-order valence-corrected chi connectivity index (χ4v) is 2.05. The van der Waals surface area contributed by atoms with Gasteiger partial charge in [0.1, 0.15) is 0 Å². The van der Waals surface area contributed by atoms with E-state index in [4.69, 9.17) is 16.3 Å². The maximum absolute atomic E-state index is 5.98. The Morgan fingerprint density at radius 3 is 3.13 bits per heavy atom. The molecule has 1 aromatic carbocycles. The molecule has 1 aromatic rings.